The number of aryl methyl sites for hydroxylation is 1. The lowest BCUT2D eigenvalue weighted by molar-refractivity contribution is -0.112. The SMILES string of the molecule is Cc1ccccc1NC(=O)C(=O)c1c(-c2cccnc2)cc2ccccn12. The molecule has 0 aliphatic carbocycles. The number of amides is 1. The van der Waals surface area contributed by atoms with E-state index >= 15 is 0 Å². The average Bonchev–Trinajstić information content (AvgIpc) is 3.09. The normalized spacial score (nSPS) is 10.7. The summed E-state index contributed by atoms with van der Waals surface area (Å²) in [5.41, 5.74) is 4.14. The highest BCUT2D eigenvalue weighted by molar-refractivity contribution is 6.47. The molecule has 0 fully saturated rings. The van der Waals surface area contributed by atoms with Crippen molar-refractivity contribution in [3.05, 3.63) is 90.5 Å². The summed E-state index contributed by atoms with van der Waals surface area (Å²) in [6, 6.07) is 18.6. The van der Waals surface area contributed by atoms with Crippen LogP contribution in [0.1, 0.15) is 16.1 Å². The van der Waals surface area contributed by atoms with Crippen molar-refractivity contribution in [3.8, 4) is 11.1 Å². The second kappa shape index (κ2) is 6.88. The summed E-state index contributed by atoms with van der Waals surface area (Å²) in [5.74, 6) is -1.26. The molecular weight excluding hydrogens is 338 g/mol. The molecule has 0 atom stereocenters. The zero-order valence-corrected chi connectivity index (χ0v) is 14.7. The summed E-state index contributed by atoms with van der Waals surface area (Å²) in [6.07, 6.45) is 5.14. The number of hydrogen-bond acceptors (Lipinski definition) is 3. The lowest BCUT2D eigenvalue weighted by atomic mass is 10.1. The molecule has 4 aromatic rings. The summed E-state index contributed by atoms with van der Waals surface area (Å²) in [4.78, 5) is 29.9. The predicted octanol–water partition coefficient (Wildman–Crippen LogP) is 4.13. The van der Waals surface area contributed by atoms with Gasteiger partial charge in [0.1, 0.15) is 5.69 Å². The molecule has 0 saturated carbocycles. The number of carbonyl (C=O) groups excluding carboxylic acids is 2. The van der Waals surface area contributed by atoms with E-state index in [9.17, 15) is 9.59 Å². The summed E-state index contributed by atoms with van der Waals surface area (Å²) in [6.45, 7) is 1.88. The van der Waals surface area contributed by atoms with Crippen molar-refractivity contribution in [2.24, 2.45) is 0 Å². The average molecular weight is 355 g/mol. The monoisotopic (exact) mass is 355 g/mol. The number of aromatic nitrogens is 2. The van der Waals surface area contributed by atoms with Gasteiger partial charge in [0.2, 0.25) is 0 Å². The molecular formula is C22H17N3O2. The number of ketones is 1. The van der Waals surface area contributed by atoms with Gasteiger partial charge in [0.05, 0.1) is 0 Å². The van der Waals surface area contributed by atoms with Crippen molar-refractivity contribution in [2.75, 3.05) is 5.32 Å². The van der Waals surface area contributed by atoms with Crippen LogP contribution < -0.4 is 5.32 Å². The first-order valence-electron chi connectivity index (χ1n) is 8.57. The molecule has 3 heterocycles. The van der Waals surface area contributed by atoms with Crippen LogP contribution in [0, 0.1) is 6.92 Å². The minimum absolute atomic E-state index is 0.324. The smallest absolute Gasteiger partial charge is 0.298 e. The first-order chi connectivity index (χ1) is 13.1. The Hall–Kier alpha value is -3.73. The number of rotatable bonds is 4. The third-order valence-corrected chi connectivity index (χ3v) is 4.47. The summed E-state index contributed by atoms with van der Waals surface area (Å²) >= 11 is 0. The second-order valence-corrected chi connectivity index (χ2v) is 6.24. The van der Waals surface area contributed by atoms with Gasteiger partial charge in [-0.3, -0.25) is 14.6 Å². The van der Waals surface area contributed by atoms with Crippen LogP contribution in [0.15, 0.2) is 79.3 Å². The van der Waals surface area contributed by atoms with Gasteiger partial charge in [0, 0.05) is 40.9 Å². The molecule has 0 aliphatic heterocycles. The maximum absolute atomic E-state index is 13.1. The minimum Gasteiger partial charge on any atom is -0.319 e. The van der Waals surface area contributed by atoms with E-state index in [1.54, 1.807) is 35.1 Å². The standard InChI is InChI=1S/C22H17N3O2/c1-15-7-2-3-10-19(15)24-22(27)21(26)20-18(16-8-6-11-23-14-16)13-17-9-4-5-12-25(17)20/h2-14H,1H3,(H,24,27). The van der Waals surface area contributed by atoms with Gasteiger partial charge in [-0.05, 0) is 42.8 Å². The Morgan fingerprint density at radius 2 is 1.81 bits per heavy atom. The van der Waals surface area contributed by atoms with E-state index < -0.39 is 11.7 Å². The number of pyridine rings is 2. The number of Topliss-reactive ketones (excluding diaryl/α,β-unsaturated/α-hetero) is 1. The molecule has 0 aliphatic rings. The van der Waals surface area contributed by atoms with Crippen LogP contribution >= 0.6 is 0 Å². The zero-order chi connectivity index (χ0) is 18.8. The van der Waals surface area contributed by atoms with Crippen molar-refractivity contribution in [3.63, 3.8) is 0 Å². The van der Waals surface area contributed by atoms with Crippen LogP contribution in [0.3, 0.4) is 0 Å². The minimum atomic E-state index is -0.668. The van der Waals surface area contributed by atoms with Crippen LogP contribution in [0.4, 0.5) is 5.69 Å². The molecule has 1 N–H and O–H groups in total. The van der Waals surface area contributed by atoms with E-state index in [2.05, 4.69) is 10.3 Å². The van der Waals surface area contributed by atoms with Gasteiger partial charge in [-0.25, -0.2) is 0 Å². The highest BCUT2D eigenvalue weighted by atomic mass is 16.2. The highest BCUT2D eigenvalue weighted by Crippen LogP contribution is 2.28. The Kier molecular flexibility index (Phi) is 4.26. The van der Waals surface area contributed by atoms with Crippen molar-refractivity contribution in [2.45, 2.75) is 6.92 Å². The molecule has 0 spiro atoms. The van der Waals surface area contributed by atoms with Crippen molar-refractivity contribution >= 4 is 22.9 Å². The first-order valence-corrected chi connectivity index (χ1v) is 8.57. The fourth-order valence-electron chi connectivity index (χ4n) is 3.10. The number of hydrogen-bond donors (Lipinski definition) is 1. The van der Waals surface area contributed by atoms with Gasteiger partial charge in [-0.15, -0.1) is 0 Å². The van der Waals surface area contributed by atoms with Crippen molar-refractivity contribution in [1.82, 2.24) is 9.38 Å². The predicted molar refractivity (Wildman–Crippen MR) is 105 cm³/mol. The number of nitrogens with zero attached hydrogens (tertiary/aromatic N) is 2. The van der Waals surface area contributed by atoms with Gasteiger partial charge in [-0.1, -0.05) is 30.3 Å². The fourth-order valence-corrected chi connectivity index (χ4v) is 3.10. The topological polar surface area (TPSA) is 63.5 Å². The van der Waals surface area contributed by atoms with E-state index in [1.807, 2.05) is 55.5 Å². The molecule has 4 rings (SSSR count). The third kappa shape index (κ3) is 3.11. The second-order valence-electron chi connectivity index (χ2n) is 6.24. The molecule has 1 aromatic carbocycles. The molecule has 5 heteroatoms. The molecule has 3 aromatic heterocycles. The van der Waals surface area contributed by atoms with Gasteiger partial charge >= 0.3 is 0 Å². The van der Waals surface area contributed by atoms with E-state index in [0.29, 0.717) is 16.9 Å². The van der Waals surface area contributed by atoms with E-state index in [0.717, 1.165) is 16.6 Å². The summed E-state index contributed by atoms with van der Waals surface area (Å²) in [7, 11) is 0. The Labute approximate surface area is 156 Å². The largest absolute Gasteiger partial charge is 0.319 e. The fraction of sp³-hybridized carbons (Fsp3) is 0.0455. The van der Waals surface area contributed by atoms with Gasteiger partial charge in [0.15, 0.2) is 0 Å². The van der Waals surface area contributed by atoms with Crippen LogP contribution in [-0.2, 0) is 4.79 Å². The van der Waals surface area contributed by atoms with Crippen molar-refractivity contribution in [1.29, 1.82) is 0 Å². The van der Waals surface area contributed by atoms with Crippen LogP contribution in [-0.4, -0.2) is 21.1 Å². The number of para-hydroxylation sites is 1. The number of carbonyl (C=O) groups is 2. The Morgan fingerprint density at radius 1 is 1.00 bits per heavy atom. The quantitative estimate of drug-likeness (QED) is 0.442. The Morgan fingerprint density at radius 3 is 2.59 bits per heavy atom. The van der Waals surface area contributed by atoms with E-state index in [-0.39, 0.29) is 0 Å². The molecule has 0 radical (unpaired) electrons. The molecule has 5 nitrogen and oxygen atoms in total. The van der Waals surface area contributed by atoms with Crippen LogP contribution in [0.5, 0.6) is 0 Å². The lowest BCUT2D eigenvalue weighted by Gasteiger charge is -2.09. The van der Waals surface area contributed by atoms with Gasteiger partial charge < -0.3 is 9.72 Å². The van der Waals surface area contributed by atoms with Gasteiger partial charge in [-0.2, -0.15) is 0 Å². The maximum Gasteiger partial charge on any atom is 0.298 e. The summed E-state index contributed by atoms with van der Waals surface area (Å²) in [5, 5.41) is 2.72. The zero-order valence-electron chi connectivity index (χ0n) is 14.7. The molecule has 0 unspecified atom stereocenters. The Bertz CT molecular complexity index is 1150. The number of nitrogens with one attached hydrogen (secondary N) is 1. The molecule has 0 bridgehead atoms. The highest BCUT2D eigenvalue weighted by Gasteiger charge is 2.25. The van der Waals surface area contributed by atoms with Crippen LogP contribution in [0.2, 0.25) is 0 Å². The van der Waals surface area contributed by atoms with Crippen molar-refractivity contribution < 1.29 is 9.59 Å². The van der Waals surface area contributed by atoms with E-state index in [4.69, 9.17) is 0 Å². The molecule has 0 saturated heterocycles. The first kappa shape index (κ1) is 16.7. The molecule has 27 heavy (non-hydrogen) atoms. The number of benzene rings is 1. The van der Waals surface area contributed by atoms with Crippen LogP contribution in [0.25, 0.3) is 16.6 Å². The maximum atomic E-state index is 13.1. The molecule has 1 amide bonds. The summed E-state index contributed by atoms with van der Waals surface area (Å²) < 4.78 is 1.74. The van der Waals surface area contributed by atoms with Gasteiger partial charge in [0.25, 0.3) is 11.7 Å². The Balaban J connectivity index is 1.79. The lowest BCUT2D eigenvalue weighted by Crippen LogP contribution is -2.25. The molecule has 132 valence electrons. The third-order valence-electron chi connectivity index (χ3n) is 4.47. The van der Waals surface area contributed by atoms with E-state index in [1.165, 1.54) is 0 Å². The number of fused-ring (bicyclic) bond motifs is 1. The number of anilines is 1.